The number of hydrogen-bond acceptors (Lipinski definition) is 4. The Morgan fingerprint density at radius 1 is 1.61 bits per heavy atom. The monoisotopic (exact) mass is 365 g/mol. The Morgan fingerprint density at radius 3 is 2.94 bits per heavy atom. The van der Waals surface area contributed by atoms with Crippen LogP contribution in [0.4, 0.5) is 15.8 Å². The van der Waals surface area contributed by atoms with Gasteiger partial charge in [0.05, 0.1) is 8.49 Å². The third kappa shape index (κ3) is 2.72. The molecule has 1 aromatic carbocycles. The summed E-state index contributed by atoms with van der Waals surface area (Å²) in [6.07, 6.45) is 0. The molecule has 1 atom stereocenters. The fourth-order valence-corrected chi connectivity index (χ4v) is 2.53. The number of rotatable bonds is 2. The standard InChI is InChI=1S/C11H13FIN3O2/c1-7-6-15(3-2-14-7)10-4-8(12)9(13)5-11(10)16(17)18/h4-5,7,14H,2-3,6H2,1H3/t7-/m0/s1. The zero-order valence-electron chi connectivity index (χ0n) is 9.82. The van der Waals surface area contributed by atoms with E-state index in [9.17, 15) is 14.5 Å². The van der Waals surface area contributed by atoms with Crippen LogP contribution in [0.2, 0.25) is 0 Å². The number of nitrogens with zero attached hydrogens (tertiary/aromatic N) is 2. The average Bonchev–Trinajstić information content (AvgIpc) is 2.31. The Kier molecular flexibility index (Phi) is 4.00. The molecule has 7 heteroatoms. The zero-order valence-corrected chi connectivity index (χ0v) is 12.0. The van der Waals surface area contributed by atoms with Crippen molar-refractivity contribution in [3.8, 4) is 0 Å². The summed E-state index contributed by atoms with van der Waals surface area (Å²) in [5.74, 6) is -0.414. The maximum absolute atomic E-state index is 13.6. The summed E-state index contributed by atoms with van der Waals surface area (Å²) < 4.78 is 13.9. The summed E-state index contributed by atoms with van der Waals surface area (Å²) in [5, 5.41) is 14.3. The second-order valence-electron chi connectivity index (χ2n) is 4.31. The van der Waals surface area contributed by atoms with Crippen LogP contribution in [0.15, 0.2) is 12.1 Å². The largest absolute Gasteiger partial charge is 0.363 e. The third-order valence-electron chi connectivity index (χ3n) is 2.92. The van der Waals surface area contributed by atoms with Crippen molar-refractivity contribution < 1.29 is 9.31 Å². The molecule has 0 saturated carbocycles. The number of anilines is 1. The van der Waals surface area contributed by atoms with E-state index in [0.717, 1.165) is 6.54 Å². The molecule has 1 fully saturated rings. The SMILES string of the molecule is C[C@H]1CN(c2cc(F)c(I)cc2[N+](=O)[O-])CCN1. The van der Waals surface area contributed by atoms with Crippen LogP contribution in [0.1, 0.15) is 6.92 Å². The van der Waals surface area contributed by atoms with Gasteiger partial charge in [-0.3, -0.25) is 10.1 Å². The van der Waals surface area contributed by atoms with Gasteiger partial charge in [-0.25, -0.2) is 4.39 Å². The lowest BCUT2D eigenvalue weighted by Crippen LogP contribution is -2.49. The van der Waals surface area contributed by atoms with Crippen LogP contribution in [-0.4, -0.2) is 30.6 Å². The van der Waals surface area contributed by atoms with E-state index in [0.29, 0.717) is 18.8 Å². The summed E-state index contributed by atoms with van der Waals surface area (Å²) in [5.41, 5.74) is 0.334. The maximum atomic E-state index is 13.6. The zero-order chi connectivity index (χ0) is 13.3. The van der Waals surface area contributed by atoms with E-state index in [1.807, 2.05) is 11.8 Å². The minimum atomic E-state index is -0.455. The van der Waals surface area contributed by atoms with Crippen LogP contribution in [0, 0.1) is 19.5 Å². The molecule has 1 heterocycles. The van der Waals surface area contributed by atoms with Gasteiger partial charge in [-0.05, 0) is 29.5 Å². The molecule has 1 saturated heterocycles. The van der Waals surface area contributed by atoms with Gasteiger partial charge in [0.2, 0.25) is 0 Å². The number of benzene rings is 1. The van der Waals surface area contributed by atoms with Crippen LogP contribution < -0.4 is 10.2 Å². The molecular formula is C11H13FIN3O2. The highest BCUT2D eigenvalue weighted by atomic mass is 127. The highest BCUT2D eigenvalue weighted by Crippen LogP contribution is 2.32. The molecule has 1 aliphatic heterocycles. The number of nitrogens with one attached hydrogen (secondary N) is 1. The smallest absolute Gasteiger partial charge is 0.293 e. The number of piperazine rings is 1. The topological polar surface area (TPSA) is 58.4 Å². The summed E-state index contributed by atoms with van der Waals surface area (Å²) >= 11 is 1.76. The Labute approximate surface area is 118 Å². The van der Waals surface area contributed by atoms with Gasteiger partial charge >= 0.3 is 0 Å². The molecule has 0 bridgehead atoms. The summed E-state index contributed by atoms with van der Waals surface area (Å²) in [4.78, 5) is 12.5. The number of nitro benzene ring substituents is 1. The Balaban J connectivity index is 2.41. The lowest BCUT2D eigenvalue weighted by Gasteiger charge is -2.33. The van der Waals surface area contributed by atoms with E-state index < -0.39 is 10.7 Å². The Hall–Kier alpha value is -0.960. The first-order valence-corrected chi connectivity index (χ1v) is 6.68. The van der Waals surface area contributed by atoms with E-state index in [-0.39, 0.29) is 15.3 Å². The molecule has 1 aliphatic rings. The highest BCUT2D eigenvalue weighted by molar-refractivity contribution is 14.1. The van der Waals surface area contributed by atoms with Gasteiger partial charge in [-0.2, -0.15) is 0 Å². The predicted molar refractivity (Wildman–Crippen MR) is 75.4 cm³/mol. The molecule has 0 aromatic heterocycles. The number of hydrogen-bond donors (Lipinski definition) is 1. The van der Waals surface area contributed by atoms with Crippen molar-refractivity contribution in [2.24, 2.45) is 0 Å². The molecule has 1 aromatic rings. The van der Waals surface area contributed by atoms with Crippen LogP contribution in [0.5, 0.6) is 0 Å². The minimum absolute atomic E-state index is 0.0325. The van der Waals surface area contributed by atoms with Crippen LogP contribution >= 0.6 is 22.6 Å². The van der Waals surface area contributed by atoms with Crippen molar-refractivity contribution in [1.29, 1.82) is 0 Å². The lowest BCUT2D eigenvalue weighted by molar-refractivity contribution is -0.384. The van der Waals surface area contributed by atoms with Gasteiger partial charge in [0, 0.05) is 37.8 Å². The second kappa shape index (κ2) is 5.35. The van der Waals surface area contributed by atoms with Gasteiger partial charge < -0.3 is 10.2 Å². The van der Waals surface area contributed by atoms with Gasteiger partial charge in [0.25, 0.3) is 5.69 Å². The van der Waals surface area contributed by atoms with Gasteiger partial charge in [-0.15, -0.1) is 0 Å². The number of nitro groups is 1. The third-order valence-corrected chi connectivity index (χ3v) is 3.75. The molecule has 1 N–H and O–H groups in total. The lowest BCUT2D eigenvalue weighted by atomic mass is 10.2. The van der Waals surface area contributed by atoms with Gasteiger partial charge in [0.15, 0.2) is 0 Å². The quantitative estimate of drug-likeness (QED) is 0.496. The van der Waals surface area contributed by atoms with Crippen molar-refractivity contribution in [2.75, 3.05) is 24.5 Å². The first-order chi connectivity index (χ1) is 8.49. The van der Waals surface area contributed by atoms with E-state index in [1.165, 1.54) is 12.1 Å². The predicted octanol–water partition coefficient (Wildman–Crippen LogP) is 2.14. The van der Waals surface area contributed by atoms with E-state index in [2.05, 4.69) is 5.32 Å². The van der Waals surface area contributed by atoms with Crippen molar-refractivity contribution in [3.05, 3.63) is 31.6 Å². The van der Waals surface area contributed by atoms with E-state index in [1.54, 1.807) is 22.6 Å². The molecule has 0 amide bonds. The van der Waals surface area contributed by atoms with Crippen molar-refractivity contribution in [1.82, 2.24) is 5.32 Å². The molecule has 18 heavy (non-hydrogen) atoms. The molecule has 98 valence electrons. The van der Waals surface area contributed by atoms with E-state index in [4.69, 9.17) is 0 Å². The van der Waals surface area contributed by atoms with Crippen LogP contribution in [-0.2, 0) is 0 Å². The Bertz CT molecular complexity index is 484. The molecule has 0 unspecified atom stereocenters. The first-order valence-electron chi connectivity index (χ1n) is 5.61. The van der Waals surface area contributed by atoms with E-state index >= 15 is 0 Å². The molecule has 0 spiro atoms. The normalized spacial score (nSPS) is 19.9. The van der Waals surface area contributed by atoms with Gasteiger partial charge in [0.1, 0.15) is 11.5 Å². The first kappa shape index (κ1) is 13.5. The van der Waals surface area contributed by atoms with Crippen LogP contribution in [0.3, 0.4) is 0 Å². The molecule has 0 radical (unpaired) electrons. The maximum Gasteiger partial charge on any atom is 0.293 e. The summed E-state index contributed by atoms with van der Waals surface area (Å²) in [7, 11) is 0. The molecule has 0 aliphatic carbocycles. The Morgan fingerprint density at radius 2 is 2.33 bits per heavy atom. The minimum Gasteiger partial charge on any atom is -0.363 e. The average molecular weight is 365 g/mol. The molecular weight excluding hydrogens is 352 g/mol. The summed E-state index contributed by atoms with van der Waals surface area (Å²) in [6.45, 7) is 4.03. The molecule has 2 rings (SSSR count). The fraction of sp³-hybridized carbons (Fsp3) is 0.455. The van der Waals surface area contributed by atoms with Crippen LogP contribution in [0.25, 0.3) is 0 Å². The van der Waals surface area contributed by atoms with Gasteiger partial charge in [-0.1, -0.05) is 0 Å². The number of halogens is 2. The van der Waals surface area contributed by atoms with Crippen molar-refractivity contribution in [2.45, 2.75) is 13.0 Å². The second-order valence-corrected chi connectivity index (χ2v) is 5.48. The van der Waals surface area contributed by atoms with Crippen molar-refractivity contribution >= 4 is 34.0 Å². The molecule has 5 nitrogen and oxygen atoms in total. The summed E-state index contributed by atoms with van der Waals surface area (Å²) in [6, 6.07) is 2.79. The highest BCUT2D eigenvalue weighted by Gasteiger charge is 2.25. The fourth-order valence-electron chi connectivity index (χ4n) is 2.08. The van der Waals surface area contributed by atoms with Crippen molar-refractivity contribution in [3.63, 3.8) is 0 Å².